The van der Waals surface area contributed by atoms with Crippen molar-refractivity contribution in [1.29, 1.82) is 0 Å². The third-order valence-electron chi connectivity index (χ3n) is 3.97. The van der Waals surface area contributed by atoms with E-state index in [9.17, 15) is 13.2 Å². The molecule has 132 valence electrons. The van der Waals surface area contributed by atoms with E-state index in [1.165, 1.54) is 12.1 Å². The molecule has 0 spiro atoms. The van der Waals surface area contributed by atoms with Gasteiger partial charge in [0.1, 0.15) is 5.75 Å². The van der Waals surface area contributed by atoms with Gasteiger partial charge in [0, 0.05) is 27.2 Å². The topological polar surface area (TPSA) is 14.2 Å². The van der Waals surface area contributed by atoms with E-state index < -0.39 is 6.36 Å². The molecule has 0 fully saturated rings. The molecular weight excluding hydrogens is 374 g/mol. The Morgan fingerprint density at radius 1 is 1.04 bits per heavy atom. The van der Waals surface area contributed by atoms with Gasteiger partial charge in [-0.25, -0.2) is 0 Å². The van der Waals surface area contributed by atoms with Crippen LogP contribution in [0.15, 0.2) is 36.5 Å². The van der Waals surface area contributed by atoms with Crippen LogP contribution in [0.3, 0.4) is 0 Å². The summed E-state index contributed by atoms with van der Waals surface area (Å²) in [4.78, 5) is 0. The molecule has 0 unspecified atom stereocenters. The Morgan fingerprint density at radius 2 is 1.76 bits per heavy atom. The van der Waals surface area contributed by atoms with Gasteiger partial charge >= 0.3 is 6.36 Å². The molecule has 0 aliphatic carbocycles. The van der Waals surface area contributed by atoms with Crippen LogP contribution in [0.1, 0.15) is 16.7 Å². The van der Waals surface area contributed by atoms with Gasteiger partial charge in [0.2, 0.25) is 0 Å². The average Bonchev–Trinajstić information content (AvgIpc) is 2.89. The highest BCUT2D eigenvalue weighted by atomic mass is 35.5. The molecular formula is C18H14Cl2F3NO. The summed E-state index contributed by atoms with van der Waals surface area (Å²) in [6, 6.07) is 8.10. The van der Waals surface area contributed by atoms with Crippen molar-refractivity contribution in [3.05, 3.63) is 63.3 Å². The van der Waals surface area contributed by atoms with Gasteiger partial charge in [0.25, 0.3) is 0 Å². The summed E-state index contributed by atoms with van der Waals surface area (Å²) in [6.45, 7) is 4.05. The molecule has 0 N–H and O–H groups in total. The van der Waals surface area contributed by atoms with Gasteiger partial charge < -0.3 is 9.30 Å². The first-order valence-electron chi connectivity index (χ1n) is 7.44. The average molecular weight is 388 g/mol. The molecule has 7 heteroatoms. The standard InChI is InChI=1S/C18H14Cl2F3NO/c1-10-3-4-15(19)14(16(10)20)9-24-6-5-12-8-13(25-18(21,22)23)7-11(2)17(12)24/h3-8H,9H2,1-2H3. The summed E-state index contributed by atoms with van der Waals surface area (Å²) in [5.74, 6) is -0.234. The van der Waals surface area contributed by atoms with Gasteiger partial charge in [0.05, 0.1) is 12.1 Å². The zero-order valence-electron chi connectivity index (χ0n) is 13.4. The van der Waals surface area contributed by atoms with E-state index in [2.05, 4.69) is 4.74 Å². The molecule has 3 rings (SSSR count). The molecule has 1 aromatic heterocycles. The highest BCUT2D eigenvalue weighted by Gasteiger charge is 2.31. The predicted molar refractivity (Wildman–Crippen MR) is 93.7 cm³/mol. The van der Waals surface area contributed by atoms with Gasteiger partial charge in [0.15, 0.2) is 0 Å². The molecule has 3 aromatic rings. The van der Waals surface area contributed by atoms with E-state index in [0.717, 1.165) is 16.6 Å². The number of aromatic nitrogens is 1. The fourth-order valence-electron chi connectivity index (χ4n) is 2.89. The van der Waals surface area contributed by atoms with E-state index >= 15 is 0 Å². The zero-order valence-corrected chi connectivity index (χ0v) is 14.9. The maximum absolute atomic E-state index is 12.4. The van der Waals surface area contributed by atoms with Crippen molar-refractivity contribution in [2.45, 2.75) is 26.8 Å². The molecule has 2 nitrogen and oxygen atoms in total. The van der Waals surface area contributed by atoms with E-state index in [4.69, 9.17) is 23.2 Å². The molecule has 0 aliphatic heterocycles. The molecule has 2 aromatic carbocycles. The summed E-state index contributed by atoms with van der Waals surface area (Å²) in [5.41, 5.74) is 3.16. The first-order chi connectivity index (χ1) is 11.7. The number of fused-ring (bicyclic) bond motifs is 1. The first-order valence-corrected chi connectivity index (χ1v) is 8.20. The molecule has 0 radical (unpaired) electrons. The molecule has 0 saturated carbocycles. The second kappa shape index (κ2) is 6.46. The van der Waals surface area contributed by atoms with Crippen molar-refractivity contribution in [3.63, 3.8) is 0 Å². The largest absolute Gasteiger partial charge is 0.573 e. The van der Waals surface area contributed by atoms with Crippen LogP contribution < -0.4 is 4.74 Å². The maximum Gasteiger partial charge on any atom is 0.573 e. The van der Waals surface area contributed by atoms with Gasteiger partial charge in [-0.05, 0) is 49.2 Å². The van der Waals surface area contributed by atoms with Crippen molar-refractivity contribution in [3.8, 4) is 5.75 Å². The van der Waals surface area contributed by atoms with Crippen LogP contribution in [-0.2, 0) is 6.54 Å². The second-order valence-electron chi connectivity index (χ2n) is 5.83. The number of alkyl halides is 3. The van der Waals surface area contributed by atoms with Crippen molar-refractivity contribution in [2.75, 3.05) is 0 Å². The Balaban J connectivity index is 2.04. The van der Waals surface area contributed by atoms with Crippen LogP contribution in [-0.4, -0.2) is 10.9 Å². The molecule has 0 atom stereocenters. The van der Waals surface area contributed by atoms with Crippen molar-refractivity contribution < 1.29 is 17.9 Å². The quantitative estimate of drug-likeness (QED) is 0.499. The van der Waals surface area contributed by atoms with E-state index in [1.54, 1.807) is 25.3 Å². The van der Waals surface area contributed by atoms with Crippen molar-refractivity contribution in [1.82, 2.24) is 4.57 Å². The van der Waals surface area contributed by atoms with E-state index in [0.29, 0.717) is 27.5 Å². The van der Waals surface area contributed by atoms with Crippen LogP contribution in [0.25, 0.3) is 10.9 Å². The monoisotopic (exact) mass is 387 g/mol. The third kappa shape index (κ3) is 3.72. The van der Waals surface area contributed by atoms with Gasteiger partial charge in [-0.15, -0.1) is 13.2 Å². The number of benzene rings is 2. The lowest BCUT2D eigenvalue weighted by Gasteiger charge is -2.14. The van der Waals surface area contributed by atoms with Gasteiger partial charge in [-0.2, -0.15) is 0 Å². The van der Waals surface area contributed by atoms with E-state index in [-0.39, 0.29) is 5.75 Å². The minimum Gasteiger partial charge on any atom is -0.406 e. The Bertz CT molecular complexity index is 948. The number of ether oxygens (including phenoxy) is 1. The van der Waals surface area contributed by atoms with Crippen LogP contribution in [0, 0.1) is 13.8 Å². The first kappa shape index (κ1) is 18.0. The fraction of sp³-hybridized carbons (Fsp3) is 0.222. The number of nitrogens with zero attached hydrogens (tertiary/aromatic N) is 1. The van der Waals surface area contributed by atoms with Crippen molar-refractivity contribution in [2.24, 2.45) is 0 Å². The number of aryl methyl sites for hydroxylation is 2. The fourth-order valence-corrected chi connectivity index (χ4v) is 3.38. The molecule has 0 saturated heterocycles. The Kier molecular flexibility index (Phi) is 4.64. The molecule has 0 aliphatic rings. The minimum absolute atomic E-state index is 0.234. The van der Waals surface area contributed by atoms with Crippen LogP contribution in [0.5, 0.6) is 5.75 Å². The smallest absolute Gasteiger partial charge is 0.406 e. The van der Waals surface area contributed by atoms with Gasteiger partial charge in [-0.3, -0.25) is 0 Å². The normalized spacial score (nSPS) is 12.0. The van der Waals surface area contributed by atoms with Crippen molar-refractivity contribution >= 4 is 34.1 Å². The molecule has 1 heterocycles. The summed E-state index contributed by atoms with van der Waals surface area (Å²) < 4.78 is 43.2. The lowest BCUT2D eigenvalue weighted by atomic mass is 10.1. The molecule has 25 heavy (non-hydrogen) atoms. The highest BCUT2D eigenvalue weighted by Crippen LogP contribution is 2.33. The van der Waals surface area contributed by atoms with Gasteiger partial charge in [-0.1, -0.05) is 29.3 Å². The lowest BCUT2D eigenvalue weighted by Crippen LogP contribution is -2.17. The summed E-state index contributed by atoms with van der Waals surface area (Å²) in [5, 5.41) is 1.79. The zero-order chi connectivity index (χ0) is 18.4. The summed E-state index contributed by atoms with van der Waals surface area (Å²) in [7, 11) is 0. The Labute approximate surface area is 152 Å². The lowest BCUT2D eigenvalue weighted by molar-refractivity contribution is -0.274. The minimum atomic E-state index is -4.72. The SMILES string of the molecule is Cc1ccc(Cl)c(Cn2ccc3cc(OC(F)(F)F)cc(C)c32)c1Cl. The maximum atomic E-state index is 12.4. The molecule has 0 amide bonds. The van der Waals surface area contributed by atoms with Crippen LogP contribution >= 0.6 is 23.2 Å². The Morgan fingerprint density at radius 3 is 2.44 bits per heavy atom. The van der Waals surface area contributed by atoms with E-state index in [1.807, 2.05) is 17.6 Å². The van der Waals surface area contributed by atoms with Crippen LogP contribution in [0.2, 0.25) is 10.0 Å². The second-order valence-corrected chi connectivity index (χ2v) is 6.61. The predicted octanol–water partition coefficient (Wildman–Crippen LogP) is 6.51. The number of hydrogen-bond acceptors (Lipinski definition) is 1. The number of halogens is 5. The number of rotatable bonds is 3. The molecule has 0 bridgehead atoms. The highest BCUT2D eigenvalue weighted by molar-refractivity contribution is 6.36. The number of hydrogen-bond donors (Lipinski definition) is 0. The summed E-state index contributed by atoms with van der Waals surface area (Å²) >= 11 is 12.6. The third-order valence-corrected chi connectivity index (χ3v) is 4.85. The summed E-state index contributed by atoms with van der Waals surface area (Å²) in [6.07, 6.45) is -2.92. The Hall–Kier alpha value is -1.85. The van der Waals surface area contributed by atoms with Crippen LogP contribution in [0.4, 0.5) is 13.2 Å².